The van der Waals surface area contributed by atoms with Crippen molar-refractivity contribution < 1.29 is 4.52 Å². The molecule has 0 bridgehead atoms. The normalized spacial score (nSPS) is 21.3. The molecule has 0 saturated heterocycles. The van der Waals surface area contributed by atoms with Gasteiger partial charge >= 0.3 is 0 Å². The van der Waals surface area contributed by atoms with Crippen LogP contribution in [0.2, 0.25) is 0 Å². The van der Waals surface area contributed by atoms with Crippen LogP contribution in [0.15, 0.2) is 15.8 Å². The van der Waals surface area contributed by atoms with Crippen LogP contribution in [0.3, 0.4) is 0 Å². The van der Waals surface area contributed by atoms with Crippen LogP contribution >= 0.6 is 11.8 Å². The van der Waals surface area contributed by atoms with Gasteiger partial charge in [-0.05, 0) is 6.92 Å². The molecule has 1 unspecified atom stereocenters. The van der Waals surface area contributed by atoms with Crippen molar-refractivity contribution in [2.24, 2.45) is 4.99 Å². The van der Waals surface area contributed by atoms with Crippen LogP contribution in [0.25, 0.3) is 0 Å². The van der Waals surface area contributed by atoms with Gasteiger partial charge in [-0.1, -0.05) is 16.9 Å². The molecule has 1 aliphatic heterocycles. The fourth-order valence-corrected chi connectivity index (χ4v) is 1.84. The van der Waals surface area contributed by atoms with Gasteiger partial charge < -0.3 is 9.84 Å². The molecule has 70 valence electrons. The van der Waals surface area contributed by atoms with Crippen molar-refractivity contribution in [2.45, 2.75) is 18.7 Å². The lowest BCUT2D eigenvalue weighted by Gasteiger charge is -2.02. The third-order valence-electron chi connectivity index (χ3n) is 1.62. The minimum Gasteiger partial charge on any atom is -0.361 e. The van der Waals surface area contributed by atoms with Gasteiger partial charge in [-0.2, -0.15) is 4.98 Å². The van der Waals surface area contributed by atoms with Crippen LogP contribution < -0.4 is 5.32 Å². The third-order valence-corrected chi connectivity index (χ3v) is 2.53. The summed E-state index contributed by atoms with van der Waals surface area (Å²) >= 11 is 1.59. The number of hydrogen-bond acceptors (Lipinski definition) is 6. The predicted octanol–water partition coefficient (Wildman–Crippen LogP) is 0.651. The number of nitrogens with zero attached hydrogens (tertiary/aromatic N) is 3. The highest BCUT2D eigenvalue weighted by Gasteiger charge is 2.13. The molecule has 0 aromatic carbocycles. The van der Waals surface area contributed by atoms with E-state index >= 15 is 0 Å². The molecule has 1 aromatic heterocycles. The molecule has 13 heavy (non-hydrogen) atoms. The van der Waals surface area contributed by atoms with E-state index in [9.17, 15) is 0 Å². The Morgan fingerprint density at radius 2 is 2.69 bits per heavy atom. The van der Waals surface area contributed by atoms with Crippen molar-refractivity contribution in [2.75, 3.05) is 6.54 Å². The fraction of sp³-hybridized carbons (Fsp3) is 0.571. The predicted molar refractivity (Wildman–Crippen MR) is 50.5 cm³/mol. The molecule has 1 N–H and O–H groups in total. The van der Waals surface area contributed by atoms with Gasteiger partial charge in [-0.3, -0.25) is 4.99 Å². The molecule has 2 heterocycles. The van der Waals surface area contributed by atoms with Crippen molar-refractivity contribution in [3.63, 3.8) is 0 Å². The second-order valence-electron chi connectivity index (χ2n) is 2.81. The highest BCUT2D eigenvalue weighted by Crippen LogP contribution is 2.13. The molecular formula is C7H10N4OS. The molecule has 0 radical (unpaired) electrons. The molecule has 0 saturated carbocycles. The summed E-state index contributed by atoms with van der Waals surface area (Å²) < 4.78 is 4.86. The summed E-state index contributed by atoms with van der Waals surface area (Å²) in [6.07, 6.45) is 1.41. The Morgan fingerprint density at radius 1 is 1.77 bits per heavy atom. The fourth-order valence-electron chi connectivity index (χ4n) is 0.999. The summed E-state index contributed by atoms with van der Waals surface area (Å²) in [4.78, 5) is 8.21. The highest BCUT2D eigenvalue weighted by atomic mass is 32.2. The lowest BCUT2D eigenvalue weighted by molar-refractivity contribution is 0.390. The Bertz CT molecular complexity index is 297. The maximum absolute atomic E-state index is 4.86. The van der Waals surface area contributed by atoms with Crippen LogP contribution in [-0.4, -0.2) is 27.9 Å². The molecule has 0 spiro atoms. The summed E-state index contributed by atoms with van der Waals surface area (Å²) in [6.45, 7) is 2.95. The van der Waals surface area contributed by atoms with Gasteiger partial charge in [0, 0.05) is 6.04 Å². The second kappa shape index (κ2) is 3.78. The molecule has 6 heteroatoms. The van der Waals surface area contributed by atoms with Crippen LogP contribution in [0.4, 0.5) is 0 Å². The molecule has 2 rings (SSSR count). The van der Waals surface area contributed by atoms with E-state index in [2.05, 4.69) is 27.4 Å². The highest BCUT2D eigenvalue weighted by molar-refractivity contribution is 8.13. The number of hydrogen-bond donors (Lipinski definition) is 1. The van der Waals surface area contributed by atoms with Gasteiger partial charge in [0.25, 0.3) is 0 Å². The van der Waals surface area contributed by atoms with Crippen molar-refractivity contribution in [3.05, 3.63) is 12.2 Å². The van der Waals surface area contributed by atoms with Gasteiger partial charge in [0.05, 0.1) is 12.3 Å². The number of aromatic nitrogens is 2. The number of rotatable bonds is 2. The Hall–Kier alpha value is -1.04. The standard InChI is InChI=1S/C7H10N4OS/c1-5-2-8-7(11-5)13-3-6-9-4-10-12-6/h4-5H,2-3H2,1H3,(H,8,11). The number of aliphatic imine (C=N–C) groups is 1. The largest absolute Gasteiger partial charge is 0.361 e. The average molecular weight is 198 g/mol. The van der Waals surface area contributed by atoms with Crippen molar-refractivity contribution in [1.29, 1.82) is 0 Å². The lowest BCUT2D eigenvalue weighted by atomic mass is 10.4. The molecule has 1 aliphatic rings. The molecule has 0 amide bonds. The summed E-state index contributed by atoms with van der Waals surface area (Å²) in [5.74, 6) is 1.31. The van der Waals surface area contributed by atoms with Crippen LogP contribution in [-0.2, 0) is 5.75 Å². The van der Waals surface area contributed by atoms with E-state index in [1.807, 2.05) is 0 Å². The zero-order valence-corrected chi connectivity index (χ0v) is 8.04. The van der Waals surface area contributed by atoms with Gasteiger partial charge in [-0.15, -0.1) is 0 Å². The summed E-state index contributed by atoms with van der Waals surface area (Å²) in [5, 5.41) is 7.73. The Morgan fingerprint density at radius 3 is 3.31 bits per heavy atom. The lowest BCUT2D eigenvalue weighted by Crippen LogP contribution is -2.25. The summed E-state index contributed by atoms with van der Waals surface area (Å²) in [5.41, 5.74) is 0. The maximum Gasteiger partial charge on any atom is 0.236 e. The molecule has 0 fully saturated rings. The molecule has 0 aliphatic carbocycles. The minimum absolute atomic E-state index is 0.449. The summed E-state index contributed by atoms with van der Waals surface area (Å²) in [6, 6.07) is 0.449. The van der Waals surface area contributed by atoms with E-state index in [0.29, 0.717) is 17.7 Å². The van der Waals surface area contributed by atoms with Gasteiger partial charge in [0.2, 0.25) is 5.89 Å². The Kier molecular flexibility index (Phi) is 2.49. The number of amidine groups is 1. The van der Waals surface area contributed by atoms with E-state index in [4.69, 9.17) is 4.52 Å². The van der Waals surface area contributed by atoms with E-state index in [1.54, 1.807) is 11.8 Å². The smallest absolute Gasteiger partial charge is 0.236 e. The average Bonchev–Trinajstić information content (AvgIpc) is 2.71. The quantitative estimate of drug-likeness (QED) is 0.756. The SMILES string of the molecule is CC1CN=C(SCc2ncno2)N1. The maximum atomic E-state index is 4.86. The minimum atomic E-state index is 0.449. The molecule has 5 nitrogen and oxygen atoms in total. The first-order valence-corrected chi connectivity index (χ1v) is 5.02. The van der Waals surface area contributed by atoms with Crippen molar-refractivity contribution >= 4 is 16.9 Å². The second-order valence-corrected chi connectivity index (χ2v) is 3.78. The van der Waals surface area contributed by atoms with E-state index in [0.717, 1.165) is 11.7 Å². The topological polar surface area (TPSA) is 63.3 Å². The van der Waals surface area contributed by atoms with Crippen molar-refractivity contribution in [3.8, 4) is 0 Å². The zero-order chi connectivity index (χ0) is 9.10. The third kappa shape index (κ3) is 2.21. The summed E-state index contributed by atoms with van der Waals surface area (Å²) in [7, 11) is 0. The molecule has 1 aromatic rings. The van der Waals surface area contributed by atoms with Gasteiger partial charge in [-0.25, -0.2) is 0 Å². The van der Waals surface area contributed by atoms with Crippen LogP contribution in [0.5, 0.6) is 0 Å². The monoisotopic (exact) mass is 198 g/mol. The van der Waals surface area contributed by atoms with Crippen LogP contribution in [0, 0.1) is 0 Å². The molecule has 1 atom stereocenters. The first-order valence-electron chi connectivity index (χ1n) is 4.04. The zero-order valence-electron chi connectivity index (χ0n) is 7.23. The van der Waals surface area contributed by atoms with E-state index < -0.39 is 0 Å². The number of nitrogens with one attached hydrogen (secondary N) is 1. The first-order chi connectivity index (χ1) is 6.34. The van der Waals surface area contributed by atoms with Crippen molar-refractivity contribution in [1.82, 2.24) is 15.5 Å². The van der Waals surface area contributed by atoms with E-state index in [-0.39, 0.29) is 0 Å². The Labute approximate surface area is 80.0 Å². The van der Waals surface area contributed by atoms with E-state index in [1.165, 1.54) is 6.33 Å². The van der Waals surface area contributed by atoms with Gasteiger partial charge in [0.1, 0.15) is 0 Å². The first kappa shape index (κ1) is 8.55. The van der Waals surface area contributed by atoms with Crippen LogP contribution in [0.1, 0.15) is 12.8 Å². The molecular weight excluding hydrogens is 188 g/mol. The Balaban J connectivity index is 1.81. The van der Waals surface area contributed by atoms with Gasteiger partial charge in [0.15, 0.2) is 11.5 Å². The number of thioether (sulfide) groups is 1.